The van der Waals surface area contributed by atoms with E-state index in [4.69, 9.17) is 15.0 Å². The number of nitrogens with zero attached hydrogens (tertiary/aromatic N) is 4. The Balaban J connectivity index is 0.871. The van der Waals surface area contributed by atoms with Gasteiger partial charge in [0.2, 0.25) is 0 Å². The maximum absolute atomic E-state index is 5.18. The summed E-state index contributed by atoms with van der Waals surface area (Å²) in [5, 5.41) is 3.62. The van der Waals surface area contributed by atoms with E-state index in [-0.39, 0.29) is 12.1 Å². The van der Waals surface area contributed by atoms with Crippen molar-refractivity contribution in [2.45, 2.75) is 38.3 Å². The monoisotopic (exact) mass is 801 g/mol. The number of hydrogen-bond acceptors (Lipinski definition) is 4. The van der Waals surface area contributed by atoms with E-state index >= 15 is 0 Å². The summed E-state index contributed by atoms with van der Waals surface area (Å²) in [7, 11) is 0. The summed E-state index contributed by atoms with van der Waals surface area (Å²) in [5.41, 5.74) is 15.9. The van der Waals surface area contributed by atoms with Crippen molar-refractivity contribution in [2.75, 3.05) is 0 Å². The highest BCUT2D eigenvalue weighted by Crippen LogP contribution is 2.37. The molecule has 0 fully saturated rings. The minimum Gasteiger partial charge on any atom is -0.344 e. The van der Waals surface area contributed by atoms with Crippen molar-refractivity contribution in [1.29, 1.82) is 0 Å². The van der Waals surface area contributed by atoms with E-state index in [1.165, 1.54) is 28.0 Å². The number of aromatic nitrogens is 2. The zero-order chi connectivity index (χ0) is 42.0. The third kappa shape index (κ3) is 7.65. The van der Waals surface area contributed by atoms with Crippen LogP contribution in [-0.4, -0.2) is 21.2 Å². The number of allylic oxidation sites excluding steroid dienone is 4. The number of amidine groups is 2. The lowest BCUT2D eigenvalue weighted by atomic mass is 9.87. The molecule has 0 saturated heterocycles. The summed E-state index contributed by atoms with van der Waals surface area (Å²) >= 11 is 0. The van der Waals surface area contributed by atoms with Crippen molar-refractivity contribution in [3.63, 3.8) is 0 Å². The van der Waals surface area contributed by atoms with Gasteiger partial charge in [0.1, 0.15) is 17.8 Å². The van der Waals surface area contributed by atoms with Crippen molar-refractivity contribution < 1.29 is 0 Å². The van der Waals surface area contributed by atoms with E-state index in [0.717, 1.165) is 68.1 Å². The van der Waals surface area contributed by atoms with Gasteiger partial charge in [-0.05, 0) is 80.8 Å². The first kappa shape index (κ1) is 38.6. The van der Waals surface area contributed by atoms with Gasteiger partial charge in [-0.25, -0.2) is 15.0 Å². The largest absolute Gasteiger partial charge is 0.344 e. The molecule has 0 saturated carbocycles. The Kier molecular flexibility index (Phi) is 10.4. The molecular formula is C57H47N5. The van der Waals surface area contributed by atoms with Crippen LogP contribution in [0.5, 0.6) is 0 Å². The molecule has 2 heterocycles. The van der Waals surface area contributed by atoms with E-state index in [2.05, 4.69) is 206 Å². The van der Waals surface area contributed by atoms with Gasteiger partial charge in [-0.2, -0.15) is 0 Å². The standard InChI is InChI=1S/C57H47N5/c1-4-39-21-23-44(24-22-39)48-15-12-16-49(37-48)56-60-54(46-13-6-5-7-14-46)59-55(61-56)47-35-31-43(32-36-47)41-27-25-40(26-28-41)42-29-33-45(34-30-42)50-17-8-10-19-52(50)62-53-20-11-9-18-51(53)58-57(62)38(2)3/h4-33,35-38,45,55H,1,34H2,2-3H3,(H,59,60,61). The van der Waals surface area contributed by atoms with Crippen molar-refractivity contribution >= 4 is 34.4 Å². The lowest BCUT2D eigenvalue weighted by Gasteiger charge is -2.24. The molecule has 1 aliphatic carbocycles. The molecule has 0 radical (unpaired) electrons. The summed E-state index contributed by atoms with van der Waals surface area (Å²) in [6.45, 7) is 8.34. The third-order valence-electron chi connectivity index (χ3n) is 11.9. The maximum Gasteiger partial charge on any atom is 0.159 e. The molecule has 300 valence electrons. The Morgan fingerprint density at radius 1 is 0.645 bits per heavy atom. The molecule has 1 N–H and O–H groups in total. The van der Waals surface area contributed by atoms with Gasteiger partial charge >= 0.3 is 0 Å². The molecule has 62 heavy (non-hydrogen) atoms. The zero-order valence-electron chi connectivity index (χ0n) is 35.0. The topological polar surface area (TPSA) is 54.6 Å². The normalized spacial score (nSPS) is 16.1. The minimum absolute atomic E-state index is 0.272. The van der Waals surface area contributed by atoms with Gasteiger partial charge < -0.3 is 5.32 Å². The Morgan fingerprint density at radius 3 is 2.03 bits per heavy atom. The Bertz CT molecular complexity index is 3040. The first-order chi connectivity index (χ1) is 30.5. The SMILES string of the molecule is C=Cc1ccc(-c2cccc(C3=NC(c4ccc(-c5ccc(C6=CCC(c7ccccc7-n7c(C(C)C)nc8ccccc87)C=C6)cc5)cc4)NC(c4ccccc4)=N3)c2)cc1. The Morgan fingerprint density at radius 2 is 1.29 bits per heavy atom. The lowest BCUT2D eigenvalue weighted by Crippen LogP contribution is -2.33. The Labute approximate surface area is 363 Å². The number of rotatable bonds is 10. The van der Waals surface area contributed by atoms with Gasteiger partial charge in [-0.1, -0.05) is 196 Å². The highest BCUT2D eigenvalue weighted by atomic mass is 15.2. The quantitative estimate of drug-likeness (QED) is 0.150. The van der Waals surface area contributed by atoms with Crippen molar-refractivity contribution in [1.82, 2.24) is 14.9 Å². The summed E-state index contributed by atoms with van der Waals surface area (Å²) in [6.07, 6.45) is 9.54. The van der Waals surface area contributed by atoms with Gasteiger partial charge in [-0.15, -0.1) is 0 Å². The molecule has 5 heteroatoms. The van der Waals surface area contributed by atoms with Crippen LogP contribution in [0, 0.1) is 0 Å². The van der Waals surface area contributed by atoms with Crippen LogP contribution in [0.1, 0.15) is 77.5 Å². The van der Waals surface area contributed by atoms with Crippen LogP contribution < -0.4 is 5.32 Å². The summed E-state index contributed by atoms with van der Waals surface area (Å²) in [4.78, 5) is 15.3. The summed E-state index contributed by atoms with van der Waals surface area (Å²) in [5.74, 6) is 3.16. The van der Waals surface area contributed by atoms with Gasteiger partial charge in [-0.3, -0.25) is 4.57 Å². The molecule has 0 spiro atoms. The molecule has 0 amide bonds. The summed E-state index contributed by atoms with van der Waals surface area (Å²) < 4.78 is 2.37. The van der Waals surface area contributed by atoms with Crippen LogP contribution in [0.25, 0.3) is 50.6 Å². The number of imidazole rings is 1. The molecule has 8 aromatic rings. The van der Waals surface area contributed by atoms with Gasteiger partial charge in [0.15, 0.2) is 5.84 Å². The molecule has 5 nitrogen and oxygen atoms in total. The number of aliphatic imine (C=N–C) groups is 2. The first-order valence-electron chi connectivity index (χ1n) is 21.5. The van der Waals surface area contributed by atoms with Crippen molar-refractivity contribution in [3.8, 4) is 27.9 Å². The van der Waals surface area contributed by atoms with Crippen LogP contribution in [0.4, 0.5) is 0 Å². The predicted octanol–water partition coefficient (Wildman–Crippen LogP) is 13.7. The van der Waals surface area contributed by atoms with Crippen LogP contribution in [-0.2, 0) is 0 Å². The van der Waals surface area contributed by atoms with Crippen molar-refractivity contribution in [2.24, 2.45) is 9.98 Å². The third-order valence-corrected chi connectivity index (χ3v) is 11.9. The van der Waals surface area contributed by atoms with E-state index in [1.54, 1.807) is 0 Å². The van der Waals surface area contributed by atoms with E-state index in [1.807, 2.05) is 24.3 Å². The van der Waals surface area contributed by atoms with Crippen LogP contribution in [0.15, 0.2) is 211 Å². The maximum atomic E-state index is 5.18. The number of hydrogen-bond donors (Lipinski definition) is 1. The van der Waals surface area contributed by atoms with Gasteiger partial charge in [0.05, 0.1) is 16.7 Å². The Hall–Kier alpha value is -7.63. The molecule has 7 aromatic carbocycles. The molecular weight excluding hydrogens is 755 g/mol. The molecule has 2 unspecified atom stereocenters. The lowest BCUT2D eigenvalue weighted by molar-refractivity contribution is 0.674. The van der Waals surface area contributed by atoms with Gasteiger partial charge in [0, 0.05) is 23.0 Å². The van der Waals surface area contributed by atoms with E-state index in [0.29, 0.717) is 11.8 Å². The number of benzene rings is 7. The van der Waals surface area contributed by atoms with Crippen molar-refractivity contribution in [3.05, 3.63) is 240 Å². The average Bonchev–Trinajstić information content (AvgIpc) is 3.75. The fourth-order valence-corrected chi connectivity index (χ4v) is 8.61. The average molecular weight is 802 g/mol. The molecule has 1 aliphatic heterocycles. The predicted molar refractivity (Wildman–Crippen MR) is 259 cm³/mol. The molecule has 0 bridgehead atoms. The zero-order valence-corrected chi connectivity index (χ0v) is 35.0. The van der Waals surface area contributed by atoms with E-state index < -0.39 is 0 Å². The summed E-state index contributed by atoms with van der Waals surface area (Å²) in [6, 6.07) is 62.1. The molecule has 2 atom stereocenters. The second-order valence-corrected chi connectivity index (χ2v) is 16.3. The van der Waals surface area contributed by atoms with E-state index in [9.17, 15) is 0 Å². The minimum atomic E-state index is -0.304. The highest BCUT2D eigenvalue weighted by Gasteiger charge is 2.23. The molecule has 1 aromatic heterocycles. The number of para-hydroxylation sites is 3. The molecule has 2 aliphatic rings. The van der Waals surface area contributed by atoms with Gasteiger partial charge in [0.25, 0.3) is 0 Å². The number of nitrogens with one attached hydrogen (secondary N) is 1. The fourth-order valence-electron chi connectivity index (χ4n) is 8.61. The highest BCUT2D eigenvalue weighted by molar-refractivity contribution is 6.13. The van der Waals surface area contributed by atoms with Crippen LogP contribution in [0.3, 0.4) is 0 Å². The second-order valence-electron chi connectivity index (χ2n) is 16.3. The molecule has 10 rings (SSSR count). The van der Waals surface area contributed by atoms with Crippen LogP contribution in [0.2, 0.25) is 0 Å². The van der Waals surface area contributed by atoms with Crippen LogP contribution >= 0.6 is 0 Å². The smallest absolute Gasteiger partial charge is 0.159 e. The first-order valence-corrected chi connectivity index (χ1v) is 21.5. The second kappa shape index (κ2) is 16.8. The fraction of sp³-hybridized carbons (Fsp3) is 0.105. The number of fused-ring (bicyclic) bond motifs is 1.